The van der Waals surface area contributed by atoms with Crippen LogP contribution in [0.2, 0.25) is 18.6 Å². The van der Waals surface area contributed by atoms with Gasteiger partial charge in [-0.05, 0) is 11.6 Å². The molecule has 0 aromatic carbocycles. The molecular formula is C12H15NOSi. The molecule has 78 valence electrons. The maximum absolute atomic E-state index is 11.8. The number of pyridine rings is 1. The van der Waals surface area contributed by atoms with Gasteiger partial charge in [0, 0.05) is 11.4 Å². The zero-order valence-corrected chi connectivity index (χ0v) is 10.0. The summed E-state index contributed by atoms with van der Waals surface area (Å²) in [5.41, 5.74) is 0.517. The Hall–Kier alpha value is -1.35. The largest absolute Gasteiger partial charge is 0.329 e. The van der Waals surface area contributed by atoms with Crippen LogP contribution in [0.4, 0.5) is 0 Å². The fourth-order valence-corrected chi connectivity index (χ4v) is 4.75. The predicted octanol–water partition coefficient (Wildman–Crippen LogP) is 1.79. The quantitative estimate of drug-likeness (QED) is 0.753. The minimum absolute atomic E-state index is 0.0721. The van der Waals surface area contributed by atoms with Crippen LogP contribution in [0, 0.1) is 0 Å². The lowest BCUT2D eigenvalue weighted by Crippen LogP contribution is -2.52. The normalized spacial score (nSPS) is 16.1. The molecule has 0 saturated heterocycles. The van der Waals surface area contributed by atoms with Gasteiger partial charge in [-0.3, -0.25) is 4.79 Å². The molecule has 0 atom stereocenters. The number of rotatable bonds is 2. The summed E-state index contributed by atoms with van der Waals surface area (Å²) in [6.45, 7) is 4.48. The summed E-state index contributed by atoms with van der Waals surface area (Å²) in [6.07, 6.45) is 10.2. The minimum Gasteiger partial charge on any atom is -0.329 e. The number of H-pyrrole nitrogens is 1. The summed E-state index contributed by atoms with van der Waals surface area (Å²) in [5, 5.41) is 0.978. The van der Waals surface area contributed by atoms with Gasteiger partial charge in [0.25, 0.3) is 0 Å². The first kappa shape index (κ1) is 10.2. The summed E-state index contributed by atoms with van der Waals surface area (Å²) in [5.74, 6) is 0. The Bertz CT molecular complexity index is 459. The van der Waals surface area contributed by atoms with Crippen LogP contribution in [0.1, 0.15) is 0 Å². The minimum atomic E-state index is -1.71. The van der Waals surface area contributed by atoms with Crippen LogP contribution in [0.25, 0.3) is 0 Å². The highest BCUT2D eigenvalue weighted by Gasteiger charge is 2.33. The van der Waals surface area contributed by atoms with E-state index in [0.29, 0.717) is 5.54 Å². The van der Waals surface area contributed by atoms with Crippen molar-refractivity contribution in [1.82, 2.24) is 4.98 Å². The van der Waals surface area contributed by atoms with Gasteiger partial charge in [0.1, 0.15) is 0 Å². The fraction of sp³-hybridized carbons (Fsp3) is 0.250. The smallest absolute Gasteiger partial charge is 0.247 e. The van der Waals surface area contributed by atoms with Gasteiger partial charge in [0.05, 0.1) is 8.07 Å². The molecule has 1 aliphatic rings. The fourth-order valence-electron chi connectivity index (χ4n) is 2.02. The van der Waals surface area contributed by atoms with Crippen LogP contribution in [0.15, 0.2) is 47.4 Å². The molecule has 0 radical (unpaired) electrons. The molecule has 1 aromatic rings. The van der Waals surface area contributed by atoms with Crippen LogP contribution >= 0.6 is 0 Å². The number of hydrogen-bond donors (Lipinski definition) is 1. The van der Waals surface area contributed by atoms with Crippen molar-refractivity contribution in [2.45, 2.75) is 18.6 Å². The maximum atomic E-state index is 11.8. The monoisotopic (exact) mass is 217 g/mol. The second kappa shape index (κ2) is 3.66. The molecular weight excluding hydrogens is 202 g/mol. The average molecular weight is 217 g/mol. The third-order valence-corrected chi connectivity index (χ3v) is 6.93. The zero-order chi connectivity index (χ0) is 10.9. The lowest BCUT2D eigenvalue weighted by molar-refractivity contribution is 1.23. The van der Waals surface area contributed by atoms with Gasteiger partial charge >= 0.3 is 0 Å². The Morgan fingerprint density at radius 1 is 1.27 bits per heavy atom. The molecule has 0 bridgehead atoms. The molecule has 2 nitrogen and oxygen atoms in total. The summed E-state index contributed by atoms with van der Waals surface area (Å²) >= 11 is 0. The molecule has 1 heterocycles. The number of hydrogen-bond acceptors (Lipinski definition) is 1. The van der Waals surface area contributed by atoms with Crippen LogP contribution in [0.5, 0.6) is 0 Å². The highest BCUT2D eigenvalue weighted by Crippen LogP contribution is 2.27. The third-order valence-electron chi connectivity index (χ3n) is 3.09. The van der Waals surface area contributed by atoms with Crippen molar-refractivity contribution in [3.05, 3.63) is 53.0 Å². The van der Waals surface area contributed by atoms with E-state index < -0.39 is 8.07 Å². The molecule has 2 rings (SSSR count). The lowest BCUT2D eigenvalue weighted by Gasteiger charge is -2.26. The van der Waals surface area contributed by atoms with E-state index in [2.05, 4.69) is 42.4 Å². The van der Waals surface area contributed by atoms with Crippen LogP contribution < -0.4 is 10.7 Å². The number of aromatic nitrogens is 1. The molecule has 0 unspecified atom stereocenters. The van der Waals surface area contributed by atoms with Crippen molar-refractivity contribution in [3.63, 3.8) is 0 Å². The molecule has 15 heavy (non-hydrogen) atoms. The summed E-state index contributed by atoms with van der Waals surface area (Å²) in [6, 6.07) is 3.87. The van der Waals surface area contributed by atoms with Crippen molar-refractivity contribution in [3.8, 4) is 0 Å². The van der Waals surface area contributed by atoms with Crippen LogP contribution in [0.3, 0.4) is 0 Å². The molecule has 0 aliphatic heterocycles. The molecule has 1 N–H and O–H groups in total. The van der Waals surface area contributed by atoms with Crippen LogP contribution in [-0.2, 0) is 0 Å². The van der Waals surface area contributed by atoms with Gasteiger partial charge in [0.2, 0.25) is 5.56 Å². The highest BCUT2D eigenvalue weighted by atomic mass is 28.3. The molecule has 0 saturated carbocycles. The van der Waals surface area contributed by atoms with Crippen molar-refractivity contribution in [2.75, 3.05) is 0 Å². The second-order valence-corrected chi connectivity index (χ2v) is 9.08. The maximum Gasteiger partial charge on any atom is 0.247 e. The third kappa shape index (κ3) is 1.75. The van der Waals surface area contributed by atoms with Crippen molar-refractivity contribution in [2.24, 2.45) is 0 Å². The summed E-state index contributed by atoms with van der Waals surface area (Å²) in [7, 11) is -1.71. The van der Waals surface area contributed by atoms with Crippen LogP contribution in [-0.4, -0.2) is 13.1 Å². The Labute approximate surface area is 90.4 Å². The molecule has 0 fully saturated rings. The number of aromatic amines is 1. The molecule has 3 heteroatoms. The van der Waals surface area contributed by atoms with E-state index >= 15 is 0 Å². The number of nitrogens with one attached hydrogen (secondary N) is 1. The Morgan fingerprint density at radius 3 is 2.53 bits per heavy atom. The van der Waals surface area contributed by atoms with E-state index in [-0.39, 0.29) is 5.56 Å². The molecule has 1 aromatic heterocycles. The first-order chi connectivity index (χ1) is 7.12. The van der Waals surface area contributed by atoms with Gasteiger partial charge in [-0.2, -0.15) is 0 Å². The first-order valence-electron chi connectivity index (χ1n) is 5.15. The van der Waals surface area contributed by atoms with Gasteiger partial charge in [-0.15, -0.1) is 0 Å². The number of allylic oxidation sites excluding steroid dienone is 4. The Kier molecular flexibility index (Phi) is 2.48. The highest BCUT2D eigenvalue weighted by molar-refractivity contribution is 6.91. The zero-order valence-electron chi connectivity index (χ0n) is 9.03. The van der Waals surface area contributed by atoms with Gasteiger partial charge < -0.3 is 4.98 Å². The van der Waals surface area contributed by atoms with Gasteiger partial charge in [-0.25, -0.2) is 0 Å². The Balaban J connectivity index is 2.45. The predicted molar refractivity (Wildman–Crippen MR) is 66.2 cm³/mol. The average Bonchev–Trinajstić information content (AvgIpc) is 2.71. The summed E-state index contributed by atoms with van der Waals surface area (Å²) < 4.78 is 0. The second-order valence-electron chi connectivity index (χ2n) is 4.43. The SMILES string of the molecule is C[Si](C)(c1ccc[nH]c1=O)C1C=CC=C1. The lowest BCUT2D eigenvalue weighted by atomic mass is 10.5. The molecule has 0 spiro atoms. The van der Waals surface area contributed by atoms with Gasteiger partial charge in [-0.1, -0.05) is 43.5 Å². The van der Waals surface area contributed by atoms with E-state index in [1.165, 1.54) is 0 Å². The Morgan fingerprint density at radius 2 is 1.93 bits per heavy atom. The van der Waals surface area contributed by atoms with Crippen molar-refractivity contribution >= 4 is 13.3 Å². The van der Waals surface area contributed by atoms with Crippen molar-refractivity contribution < 1.29 is 0 Å². The van der Waals surface area contributed by atoms with Crippen molar-refractivity contribution in [1.29, 1.82) is 0 Å². The first-order valence-corrected chi connectivity index (χ1v) is 8.23. The van der Waals surface area contributed by atoms with E-state index in [1.54, 1.807) is 6.20 Å². The van der Waals surface area contributed by atoms with E-state index in [0.717, 1.165) is 5.19 Å². The topological polar surface area (TPSA) is 32.9 Å². The van der Waals surface area contributed by atoms with E-state index in [1.807, 2.05) is 12.1 Å². The summed E-state index contributed by atoms with van der Waals surface area (Å²) in [4.78, 5) is 14.5. The molecule has 0 amide bonds. The van der Waals surface area contributed by atoms with Gasteiger partial charge in [0.15, 0.2) is 0 Å². The van der Waals surface area contributed by atoms with E-state index in [9.17, 15) is 4.79 Å². The molecule has 1 aliphatic carbocycles. The van der Waals surface area contributed by atoms with E-state index in [4.69, 9.17) is 0 Å². The standard InChI is InChI=1S/C12H15NOSi/c1-15(2,10-6-3-4-7-10)11-8-5-9-13-12(11)14/h3-10H,1-2H3,(H,13,14).